The highest BCUT2D eigenvalue weighted by Gasteiger charge is 2.31. The summed E-state index contributed by atoms with van der Waals surface area (Å²) in [6.07, 6.45) is -2.03. The molecule has 1 heterocycles. The van der Waals surface area contributed by atoms with E-state index in [0.717, 1.165) is 42.5 Å². The van der Waals surface area contributed by atoms with Crippen molar-refractivity contribution >= 4 is 28.4 Å². The number of alkyl halides is 3. The molecule has 178 valence electrons. The summed E-state index contributed by atoms with van der Waals surface area (Å²) in [7, 11) is 0. The van der Waals surface area contributed by atoms with Crippen molar-refractivity contribution < 1.29 is 22.7 Å². The maximum Gasteiger partial charge on any atom is 0.416 e. The van der Waals surface area contributed by atoms with Gasteiger partial charge in [-0.05, 0) is 66.8 Å². The van der Waals surface area contributed by atoms with Gasteiger partial charge in [-0.2, -0.15) is 13.2 Å². The number of nitrogens with zero attached hydrogens (tertiary/aromatic N) is 2. The predicted octanol–water partition coefficient (Wildman–Crippen LogP) is 6.90. The predicted molar refractivity (Wildman–Crippen MR) is 126 cm³/mol. The Bertz CT molecular complexity index is 1420. The average molecular weight is 498 g/mol. The maximum absolute atomic E-state index is 13.6. The molecule has 9 heteroatoms. The van der Waals surface area contributed by atoms with E-state index in [1.54, 1.807) is 24.3 Å². The molecular weight excluding hydrogens is 479 g/mol. The fourth-order valence-electron chi connectivity index (χ4n) is 4.33. The average Bonchev–Trinajstić information content (AvgIpc) is 2.84. The second-order valence-electron chi connectivity index (χ2n) is 8.29. The molecule has 1 atom stereocenters. The van der Waals surface area contributed by atoms with Gasteiger partial charge in [0, 0.05) is 10.4 Å². The van der Waals surface area contributed by atoms with Crippen LogP contribution in [0.4, 0.5) is 13.2 Å². The first-order valence-electron chi connectivity index (χ1n) is 11.0. The van der Waals surface area contributed by atoms with E-state index >= 15 is 0 Å². The van der Waals surface area contributed by atoms with Crippen LogP contribution in [-0.4, -0.2) is 16.1 Å². The van der Waals surface area contributed by atoms with Crippen LogP contribution in [-0.2, 0) is 12.6 Å². The summed E-state index contributed by atoms with van der Waals surface area (Å²) in [4.78, 5) is 13.6. The number of amides is 1. The Hall–Kier alpha value is -3.65. The number of aromatic nitrogens is 2. The van der Waals surface area contributed by atoms with E-state index < -0.39 is 17.6 Å². The number of carbonyl (C=O) groups is 1. The summed E-state index contributed by atoms with van der Waals surface area (Å²) in [6.45, 7) is 0. The van der Waals surface area contributed by atoms with Crippen molar-refractivity contribution in [1.29, 1.82) is 0 Å². The standard InChI is InChI=1S/C26H19ClF3N3O2/c27-17-12-11-15-5-3-10-21(20(15)14-17)31-24(34)23-19-8-1-2-9-22(19)32-33-25(23)35-18-7-4-6-16(13-18)26(28,29)30/h1-2,4,6-9,11-14,21H,3,5,10H2,(H,31,34)/t21-/m0/s1. The zero-order valence-corrected chi connectivity index (χ0v) is 19.0. The quantitative estimate of drug-likeness (QED) is 0.333. The molecule has 0 saturated carbocycles. The Morgan fingerprint density at radius 2 is 1.86 bits per heavy atom. The molecule has 1 aliphatic carbocycles. The van der Waals surface area contributed by atoms with Crippen LogP contribution in [0.15, 0.2) is 66.7 Å². The van der Waals surface area contributed by atoms with E-state index in [-0.39, 0.29) is 23.2 Å². The fourth-order valence-corrected chi connectivity index (χ4v) is 4.51. The van der Waals surface area contributed by atoms with Crippen LogP contribution in [0, 0.1) is 0 Å². The number of carbonyl (C=O) groups excluding carboxylic acids is 1. The van der Waals surface area contributed by atoms with E-state index in [1.807, 2.05) is 18.2 Å². The first-order chi connectivity index (χ1) is 16.8. The van der Waals surface area contributed by atoms with Crippen LogP contribution in [0.25, 0.3) is 10.9 Å². The number of hydrogen-bond donors (Lipinski definition) is 1. The number of benzene rings is 3. The zero-order valence-electron chi connectivity index (χ0n) is 18.3. The lowest BCUT2D eigenvalue weighted by atomic mass is 9.87. The highest BCUT2D eigenvalue weighted by molar-refractivity contribution is 6.30. The number of fused-ring (bicyclic) bond motifs is 2. The second kappa shape index (κ2) is 9.19. The molecule has 1 aromatic heterocycles. The third-order valence-electron chi connectivity index (χ3n) is 5.97. The molecule has 35 heavy (non-hydrogen) atoms. The molecule has 0 bridgehead atoms. The van der Waals surface area contributed by atoms with Gasteiger partial charge in [0.15, 0.2) is 0 Å². The minimum absolute atomic E-state index is 0.0992. The van der Waals surface area contributed by atoms with Gasteiger partial charge in [-0.15, -0.1) is 10.2 Å². The van der Waals surface area contributed by atoms with Crippen molar-refractivity contribution in [2.75, 3.05) is 0 Å². The van der Waals surface area contributed by atoms with Crippen molar-refractivity contribution in [1.82, 2.24) is 15.5 Å². The van der Waals surface area contributed by atoms with Gasteiger partial charge in [-0.3, -0.25) is 4.79 Å². The summed E-state index contributed by atoms with van der Waals surface area (Å²) >= 11 is 6.20. The zero-order chi connectivity index (χ0) is 24.6. The molecule has 0 saturated heterocycles. The fraction of sp³-hybridized carbons (Fsp3) is 0.192. The molecule has 0 aliphatic heterocycles. The molecule has 3 aromatic carbocycles. The summed E-state index contributed by atoms with van der Waals surface area (Å²) in [5.74, 6) is -0.744. The first kappa shape index (κ1) is 23.1. The lowest BCUT2D eigenvalue weighted by Gasteiger charge is -2.27. The van der Waals surface area contributed by atoms with E-state index in [9.17, 15) is 18.0 Å². The second-order valence-corrected chi connectivity index (χ2v) is 8.72. The third kappa shape index (κ3) is 4.79. The van der Waals surface area contributed by atoms with Crippen LogP contribution in [0.3, 0.4) is 0 Å². The number of rotatable bonds is 4. The topological polar surface area (TPSA) is 64.1 Å². The summed E-state index contributed by atoms with van der Waals surface area (Å²) in [6, 6.07) is 16.6. The van der Waals surface area contributed by atoms with Crippen molar-refractivity contribution in [2.45, 2.75) is 31.5 Å². The normalized spacial score (nSPS) is 15.5. The van der Waals surface area contributed by atoms with Crippen molar-refractivity contribution in [2.24, 2.45) is 0 Å². The van der Waals surface area contributed by atoms with Gasteiger partial charge in [-0.25, -0.2) is 0 Å². The van der Waals surface area contributed by atoms with Crippen molar-refractivity contribution in [3.63, 3.8) is 0 Å². The number of ether oxygens (including phenoxy) is 1. The number of nitrogens with one attached hydrogen (secondary N) is 1. The highest BCUT2D eigenvalue weighted by Crippen LogP contribution is 2.35. The van der Waals surface area contributed by atoms with E-state index in [1.165, 1.54) is 12.1 Å². The van der Waals surface area contributed by atoms with Crippen LogP contribution in [0.2, 0.25) is 5.02 Å². The van der Waals surface area contributed by atoms with Gasteiger partial charge in [0.25, 0.3) is 11.8 Å². The maximum atomic E-state index is 13.6. The first-order valence-corrected chi connectivity index (χ1v) is 11.4. The Kier molecular flexibility index (Phi) is 6.06. The molecule has 0 unspecified atom stereocenters. The minimum atomic E-state index is -4.54. The summed E-state index contributed by atoms with van der Waals surface area (Å²) in [5.41, 5.74) is 1.75. The highest BCUT2D eigenvalue weighted by atomic mass is 35.5. The molecule has 5 nitrogen and oxygen atoms in total. The van der Waals surface area contributed by atoms with Crippen molar-refractivity contribution in [3.8, 4) is 11.6 Å². The van der Waals surface area contributed by atoms with E-state index in [0.29, 0.717) is 15.9 Å². The monoisotopic (exact) mass is 497 g/mol. The molecule has 1 N–H and O–H groups in total. The summed E-state index contributed by atoms with van der Waals surface area (Å²) < 4.78 is 45.2. The molecule has 1 aliphatic rings. The van der Waals surface area contributed by atoms with Crippen LogP contribution >= 0.6 is 11.6 Å². The van der Waals surface area contributed by atoms with E-state index in [4.69, 9.17) is 16.3 Å². The van der Waals surface area contributed by atoms with E-state index in [2.05, 4.69) is 15.5 Å². The van der Waals surface area contributed by atoms with Gasteiger partial charge < -0.3 is 10.1 Å². The van der Waals surface area contributed by atoms with Gasteiger partial charge >= 0.3 is 6.18 Å². The molecular formula is C26H19ClF3N3O2. The molecule has 0 fully saturated rings. The molecule has 1 amide bonds. The van der Waals surface area contributed by atoms with Crippen molar-refractivity contribution in [3.05, 3.63) is 94.0 Å². The molecule has 5 rings (SSSR count). The smallest absolute Gasteiger partial charge is 0.416 e. The number of hydrogen-bond acceptors (Lipinski definition) is 4. The van der Waals surface area contributed by atoms with Gasteiger partial charge in [0.2, 0.25) is 0 Å². The lowest BCUT2D eigenvalue weighted by Crippen LogP contribution is -2.31. The third-order valence-corrected chi connectivity index (χ3v) is 6.20. The lowest BCUT2D eigenvalue weighted by molar-refractivity contribution is -0.137. The van der Waals surface area contributed by atoms with Crippen LogP contribution < -0.4 is 10.1 Å². The number of aryl methyl sites for hydroxylation is 1. The Labute approximate surface area is 203 Å². The SMILES string of the molecule is O=C(N[C@H]1CCCc2ccc(Cl)cc21)c1c(Oc2cccc(C(F)(F)F)c2)nnc2ccccc12. The molecule has 0 radical (unpaired) electrons. The van der Waals surface area contributed by atoms with Gasteiger partial charge in [-0.1, -0.05) is 41.9 Å². The Morgan fingerprint density at radius 3 is 2.69 bits per heavy atom. The molecule has 0 spiro atoms. The largest absolute Gasteiger partial charge is 0.437 e. The Morgan fingerprint density at radius 1 is 1.03 bits per heavy atom. The van der Waals surface area contributed by atoms with Crippen LogP contribution in [0.1, 0.15) is 45.9 Å². The molecule has 4 aromatic rings. The van der Waals surface area contributed by atoms with Gasteiger partial charge in [0.1, 0.15) is 11.3 Å². The Balaban J connectivity index is 1.53. The number of halogens is 4. The minimum Gasteiger partial charge on any atom is -0.437 e. The van der Waals surface area contributed by atoms with Gasteiger partial charge in [0.05, 0.1) is 17.1 Å². The summed E-state index contributed by atoms with van der Waals surface area (Å²) in [5, 5.41) is 12.2. The van der Waals surface area contributed by atoms with Crippen LogP contribution in [0.5, 0.6) is 11.6 Å².